The predicted octanol–water partition coefficient (Wildman–Crippen LogP) is 4.89. The number of rotatable bonds is 4. The van der Waals surface area contributed by atoms with Gasteiger partial charge in [-0.2, -0.15) is 0 Å². The average molecular weight is 339 g/mol. The fraction of sp³-hybridized carbons (Fsp3) is 0.350. The summed E-state index contributed by atoms with van der Waals surface area (Å²) in [7, 11) is 1.48. The second-order valence-corrected chi connectivity index (χ2v) is 6.54. The summed E-state index contributed by atoms with van der Waals surface area (Å²) in [5, 5.41) is 3.63. The van der Waals surface area contributed by atoms with E-state index in [0.29, 0.717) is 17.3 Å². The van der Waals surface area contributed by atoms with Crippen LogP contribution >= 0.6 is 0 Å². The van der Waals surface area contributed by atoms with Gasteiger partial charge in [0, 0.05) is 17.8 Å². The summed E-state index contributed by atoms with van der Waals surface area (Å²) in [6.07, 6.45) is 8.01. The van der Waals surface area contributed by atoms with E-state index in [-0.39, 0.29) is 11.6 Å². The first-order valence-corrected chi connectivity index (χ1v) is 8.84. The molecule has 1 fully saturated rings. The van der Waals surface area contributed by atoms with Gasteiger partial charge in [0.15, 0.2) is 11.6 Å². The lowest BCUT2D eigenvalue weighted by molar-refractivity contribution is 0.387. The van der Waals surface area contributed by atoms with Gasteiger partial charge in [0.05, 0.1) is 7.11 Å². The lowest BCUT2D eigenvalue weighted by atomic mass is 9.95. The fourth-order valence-electron chi connectivity index (χ4n) is 3.61. The molecule has 0 bridgehead atoms. The molecular formula is C20H22FN3O. The van der Waals surface area contributed by atoms with Gasteiger partial charge in [0.2, 0.25) is 0 Å². The highest BCUT2D eigenvalue weighted by molar-refractivity contribution is 5.78. The number of fused-ring (bicyclic) bond motifs is 1. The molecule has 0 atom stereocenters. The summed E-state index contributed by atoms with van der Waals surface area (Å²) in [6.45, 7) is 0. The fourth-order valence-corrected chi connectivity index (χ4v) is 3.61. The molecule has 3 aromatic rings. The maximum Gasteiger partial charge on any atom is 0.174 e. The molecule has 2 aromatic heterocycles. The van der Waals surface area contributed by atoms with Crippen molar-refractivity contribution in [3.63, 3.8) is 0 Å². The van der Waals surface area contributed by atoms with Gasteiger partial charge in [0.25, 0.3) is 0 Å². The van der Waals surface area contributed by atoms with Gasteiger partial charge in [0.1, 0.15) is 17.2 Å². The van der Waals surface area contributed by atoms with Crippen LogP contribution in [0, 0.1) is 5.82 Å². The molecular weight excluding hydrogens is 317 g/mol. The third kappa shape index (κ3) is 2.95. The zero-order valence-electron chi connectivity index (χ0n) is 14.3. The molecule has 0 amide bonds. The molecule has 1 aliphatic rings. The van der Waals surface area contributed by atoms with E-state index in [1.807, 2.05) is 28.8 Å². The molecule has 1 saturated carbocycles. The van der Waals surface area contributed by atoms with Crippen molar-refractivity contribution in [2.75, 3.05) is 12.4 Å². The van der Waals surface area contributed by atoms with Crippen LogP contribution in [0.5, 0.6) is 5.75 Å². The van der Waals surface area contributed by atoms with E-state index in [1.54, 1.807) is 18.2 Å². The van der Waals surface area contributed by atoms with Crippen molar-refractivity contribution in [3.8, 4) is 17.0 Å². The van der Waals surface area contributed by atoms with Crippen molar-refractivity contribution in [2.24, 2.45) is 0 Å². The topological polar surface area (TPSA) is 38.6 Å². The van der Waals surface area contributed by atoms with Gasteiger partial charge in [-0.05, 0) is 37.1 Å². The van der Waals surface area contributed by atoms with Crippen LogP contribution in [0.1, 0.15) is 32.1 Å². The van der Waals surface area contributed by atoms with Crippen molar-refractivity contribution in [1.29, 1.82) is 0 Å². The number of methoxy groups -OCH3 is 1. The number of nitrogens with zero attached hydrogens (tertiary/aromatic N) is 2. The van der Waals surface area contributed by atoms with E-state index in [1.165, 1.54) is 26.4 Å². The van der Waals surface area contributed by atoms with Crippen LogP contribution < -0.4 is 10.1 Å². The van der Waals surface area contributed by atoms with E-state index in [0.717, 1.165) is 24.3 Å². The van der Waals surface area contributed by atoms with Crippen LogP contribution in [0.4, 0.5) is 10.2 Å². The molecule has 1 aromatic carbocycles. The molecule has 0 saturated heterocycles. The van der Waals surface area contributed by atoms with E-state index < -0.39 is 0 Å². The quantitative estimate of drug-likeness (QED) is 0.735. The van der Waals surface area contributed by atoms with Crippen LogP contribution in [-0.2, 0) is 0 Å². The summed E-state index contributed by atoms with van der Waals surface area (Å²) >= 11 is 0. The third-order valence-corrected chi connectivity index (χ3v) is 4.91. The Kier molecular flexibility index (Phi) is 4.30. The second kappa shape index (κ2) is 6.75. The lowest BCUT2D eigenvalue weighted by Gasteiger charge is -2.24. The zero-order valence-corrected chi connectivity index (χ0v) is 14.3. The summed E-state index contributed by atoms with van der Waals surface area (Å²) in [5.41, 5.74) is 1.90. The van der Waals surface area contributed by atoms with Gasteiger partial charge in [-0.25, -0.2) is 9.37 Å². The van der Waals surface area contributed by atoms with E-state index in [4.69, 9.17) is 4.74 Å². The van der Waals surface area contributed by atoms with Crippen molar-refractivity contribution in [1.82, 2.24) is 9.38 Å². The van der Waals surface area contributed by atoms with Gasteiger partial charge in [-0.3, -0.25) is 4.40 Å². The highest BCUT2D eigenvalue weighted by atomic mass is 19.1. The number of benzene rings is 1. The molecule has 2 heterocycles. The molecule has 130 valence electrons. The Morgan fingerprint density at radius 2 is 1.96 bits per heavy atom. The third-order valence-electron chi connectivity index (χ3n) is 4.91. The number of aromatic nitrogens is 2. The van der Waals surface area contributed by atoms with Crippen LogP contribution in [0.25, 0.3) is 16.9 Å². The molecule has 5 heteroatoms. The van der Waals surface area contributed by atoms with Crippen LogP contribution in [0.15, 0.2) is 42.6 Å². The number of ether oxygens (including phenoxy) is 1. The Morgan fingerprint density at radius 3 is 2.76 bits per heavy atom. The summed E-state index contributed by atoms with van der Waals surface area (Å²) in [6, 6.07) is 11.4. The Labute approximate surface area is 146 Å². The minimum Gasteiger partial charge on any atom is -0.494 e. The molecule has 0 unspecified atom stereocenters. The van der Waals surface area contributed by atoms with E-state index >= 15 is 0 Å². The van der Waals surface area contributed by atoms with Gasteiger partial charge in [-0.15, -0.1) is 0 Å². The molecule has 0 radical (unpaired) electrons. The first-order chi connectivity index (χ1) is 12.3. The molecule has 4 rings (SSSR count). The monoisotopic (exact) mass is 339 g/mol. The highest BCUT2D eigenvalue weighted by Gasteiger charge is 2.22. The van der Waals surface area contributed by atoms with Crippen molar-refractivity contribution >= 4 is 11.5 Å². The molecule has 25 heavy (non-hydrogen) atoms. The minimum absolute atomic E-state index is 0.234. The van der Waals surface area contributed by atoms with Gasteiger partial charge >= 0.3 is 0 Å². The Hall–Kier alpha value is -2.56. The number of anilines is 1. The van der Waals surface area contributed by atoms with Crippen LogP contribution in [0.3, 0.4) is 0 Å². The zero-order chi connectivity index (χ0) is 17.2. The molecule has 4 nitrogen and oxygen atoms in total. The second-order valence-electron chi connectivity index (χ2n) is 6.54. The first-order valence-electron chi connectivity index (χ1n) is 8.84. The van der Waals surface area contributed by atoms with Crippen molar-refractivity contribution < 1.29 is 9.13 Å². The van der Waals surface area contributed by atoms with Gasteiger partial charge < -0.3 is 10.1 Å². The van der Waals surface area contributed by atoms with Crippen LogP contribution in [-0.4, -0.2) is 22.5 Å². The van der Waals surface area contributed by atoms with Gasteiger partial charge in [-0.1, -0.05) is 31.4 Å². The Morgan fingerprint density at radius 1 is 1.12 bits per heavy atom. The SMILES string of the molecule is COc1cccc(-c2nc3ccccn3c2NC2CCCCC2)c1F. The minimum atomic E-state index is -0.375. The number of imidazole rings is 1. The number of halogens is 1. The maximum atomic E-state index is 14.8. The molecule has 1 aliphatic carbocycles. The smallest absolute Gasteiger partial charge is 0.174 e. The summed E-state index contributed by atoms with van der Waals surface area (Å²) < 4.78 is 22.0. The predicted molar refractivity (Wildman–Crippen MR) is 97.6 cm³/mol. The number of hydrogen-bond acceptors (Lipinski definition) is 3. The number of pyridine rings is 1. The van der Waals surface area contributed by atoms with Crippen LogP contribution in [0.2, 0.25) is 0 Å². The molecule has 0 spiro atoms. The maximum absolute atomic E-state index is 14.8. The average Bonchev–Trinajstić information content (AvgIpc) is 3.01. The Balaban J connectivity index is 1.84. The van der Waals surface area contributed by atoms with Crippen molar-refractivity contribution in [3.05, 3.63) is 48.4 Å². The van der Waals surface area contributed by atoms with E-state index in [2.05, 4.69) is 10.3 Å². The highest BCUT2D eigenvalue weighted by Crippen LogP contribution is 2.35. The lowest BCUT2D eigenvalue weighted by Crippen LogP contribution is -2.23. The number of nitrogens with one attached hydrogen (secondary N) is 1. The Bertz CT molecular complexity index is 884. The molecule has 0 aliphatic heterocycles. The first kappa shape index (κ1) is 15.9. The number of hydrogen-bond donors (Lipinski definition) is 1. The van der Waals surface area contributed by atoms with E-state index in [9.17, 15) is 4.39 Å². The standard InChI is InChI=1S/C20H22FN3O/c1-25-16-11-7-10-15(18(16)21)19-20(22-14-8-3-2-4-9-14)24-13-6-5-12-17(24)23-19/h5-7,10-14,22H,2-4,8-9H2,1H3. The largest absolute Gasteiger partial charge is 0.494 e. The van der Waals surface area contributed by atoms with Crippen molar-refractivity contribution in [2.45, 2.75) is 38.1 Å². The molecule has 1 N–H and O–H groups in total. The normalized spacial score (nSPS) is 15.4. The summed E-state index contributed by atoms with van der Waals surface area (Å²) in [4.78, 5) is 4.69. The summed E-state index contributed by atoms with van der Waals surface area (Å²) in [5.74, 6) is 0.716.